The normalized spacial score (nSPS) is 20.1. The van der Waals surface area contributed by atoms with Crippen molar-refractivity contribution in [1.82, 2.24) is 14.7 Å². The first kappa shape index (κ1) is 18.9. The molecule has 3 rings (SSSR count). The molecule has 9 heteroatoms. The number of carboxylic acid groups (broad SMARTS) is 1. The minimum Gasteiger partial charge on any atom is -0.481 e. The number of hydrogen-bond donors (Lipinski definition) is 1. The monoisotopic (exact) mass is 381 g/mol. The largest absolute Gasteiger partial charge is 0.481 e. The standard InChI is InChI=1S/C18H18F3N3O3/c1-10-14(17(26)27)6-7-23(10)16(25)15-9-22-24(11(15)2)13-5-3-4-12(8-13)18(19,20)21/h3-5,8-10,14H,6-7H2,1-2H3,(H,26,27). The zero-order valence-corrected chi connectivity index (χ0v) is 14.7. The zero-order valence-electron chi connectivity index (χ0n) is 14.7. The van der Waals surface area contributed by atoms with Gasteiger partial charge in [-0.3, -0.25) is 9.59 Å². The smallest absolute Gasteiger partial charge is 0.416 e. The molecule has 27 heavy (non-hydrogen) atoms. The van der Waals surface area contributed by atoms with Crippen molar-refractivity contribution in [2.24, 2.45) is 5.92 Å². The van der Waals surface area contributed by atoms with Gasteiger partial charge in [0.25, 0.3) is 5.91 Å². The van der Waals surface area contributed by atoms with Crippen LogP contribution in [0.25, 0.3) is 5.69 Å². The number of carboxylic acids is 1. The third-order valence-electron chi connectivity index (χ3n) is 4.99. The fraction of sp³-hybridized carbons (Fsp3) is 0.389. The maximum absolute atomic E-state index is 12.9. The summed E-state index contributed by atoms with van der Waals surface area (Å²) in [6.07, 6.45) is -2.81. The van der Waals surface area contributed by atoms with Gasteiger partial charge in [0.2, 0.25) is 0 Å². The Bertz CT molecular complexity index is 891. The average molecular weight is 381 g/mol. The number of aromatic nitrogens is 2. The van der Waals surface area contributed by atoms with Crippen molar-refractivity contribution in [3.63, 3.8) is 0 Å². The molecule has 2 heterocycles. The SMILES string of the molecule is Cc1c(C(=O)N2CCC(C(=O)O)C2C)cnn1-c1cccc(C(F)(F)F)c1. The Balaban J connectivity index is 1.90. The second-order valence-electron chi connectivity index (χ2n) is 6.58. The minimum atomic E-state index is -4.48. The van der Waals surface area contributed by atoms with Gasteiger partial charge in [0.1, 0.15) is 0 Å². The van der Waals surface area contributed by atoms with Gasteiger partial charge in [-0.1, -0.05) is 6.07 Å². The van der Waals surface area contributed by atoms with E-state index in [0.717, 1.165) is 12.1 Å². The molecule has 0 radical (unpaired) electrons. The highest BCUT2D eigenvalue weighted by Crippen LogP contribution is 2.31. The van der Waals surface area contributed by atoms with E-state index in [2.05, 4.69) is 5.10 Å². The Hall–Kier alpha value is -2.84. The van der Waals surface area contributed by atoms with Crippen LogP contribution in [0.3, 0.4) is 0 Å². The van der Waals surface area contributed by atoms with Gasteiger partial charge >= 0.3 is 12.1 Å². The highest BCUT2D eigenvalue weighted by atomic mass is 19.4. The van der Waals surface area contributed by atoms with Gasteiger partial charge in [0.15, 0.2) is 0 Å². The van der Waals surface area contributed by atoms with Crippen LogP contribution in [0, 0.1) is 12.8 Å². The Morgan fingerprint density at radius 3 is 2.59 bits per heavy atom. The number of alkyl halides is 3. The van der Waals surface area contributed by atoms with E-state index < -0.39 is 29.7 Å². The summed E-state index contributed by atoms with van der Waals surface area (Å²) in [5, 5.41) is 13.3. The number of benzene rings is 1. The van der Waals surface area contributed by atoms with Gasteiger partial charge in [-0.15, -0.1) is 0 Å². The van der Waals surface area contributed by atoms with Gasteiger partial charge in [-0.25, -0.2) is 4.68 Å². The fourth-order valence-electron chi connectivity index (χ4n) is 3.41. The first-order valence-electron chi connectivity index (χ1n) is 8.37. The average Bonchev–Trinajstić information content (AvgIpc) is 3.17. The number of nitrogens with zero attached hydrogens (tertiary/aromatic N) is 3. The van der Waals surface area contributed by atoms with E-state index in [-0.39, 0.29) is 17.2 Å². The number of likely N-dealkylation sites (tertiary alicyclic amines) is 1. The van der Waals surface area contributed by atoms with E-state index in [1.54, 1.807) is 13.8 Å². The molecule has 2 atom stereocenters. The van der Waals surface area contributed by atoms with Crippen LogP contribution in [0.2, 0.25) is 0 Å². The minimum absolute atomic E-state index is 0.194. The van der Waals surface area contributed by atoms with Crippen molar-refractivity contribution in [1.29, 1.82) is 0 Å². The lowest BCUT2D eigenvalue weighted by atomic mass is 10.0. The highest BCUT2D eigenvalue weighted by molar-refractivity contribution is 5.96. The van der Waals surface area contributed by atoms with Crippen LogP contribution in [0.15, 0.2) is 30.5 Å². The first-order valence-corrected chi connectivity index (χ1v) is 8.37. The summed E-state index contributed by atoms with van der Waals surface area (Å²) >= 11 is 0. The first-order chi connectivity index (χ1) is 12.6. The van der Waals surface area contributed by atoms with Crippen LogP contribution in [0.1, 0.15) is 35.0 Å². The lowest BCUT2D eigenvalue weighted by Gasteiger charge is -2.23. The third-order valence-corrected chi connectivity index (χ3v) is 4.99. The lowest BCUT2D eigenvalue weighted by Crippen LogP contribution is -2.37. The third kappa shape index (κ3) is 3.41. The molecule has 2 aromatic rings. The molecule has 1 aliphatic heterocycles. The van der Waals surface area contributed by atoms with Gasteiger partial charge < -0.3 is 10.0 Å². The maximum atomic E-state index is 12.9. The molecule has 1 aliphatic rings. The predicted octanol–water partition coefficient (Wildman–Crippen LogP) is 3.13. The van der Waals surface area contributed by atoms with Crippen LogP contribution in [0.4, 0.5) is 13.2 Å². The molecule has 6 nitrogen and oxygen atoms in total. The Morgan fingerprint density at radius 1 is 1.30 bits per heavy atom. The number of hydrogen-bond acceptors (Lipinski definition) is 3. The number of rotatable bonds is 3. The van der Waals surface area contributed by atoms with Crippen molar-refractivity contribution in [3.8, 4) is 5.69 Å². The molecule has 1 fully saturated rings. The topological polar surface area (TPSA) is 75.4 Å². The quantitative estimate of drug-likeness (QED) is 0.886. The summed E-state index contributed by atoms with van der Waals surface area (Å²) in [4.78, 5) is 25.5. The molecule has 144 valence electrons. The summed E-state index contributed by atoms with van der Waals surface area (Å²) in [5.41, 5.74) is 0.0232. The second kappa shape index (κ2) is 6.71. The Labute approximate surface area is 153 Å². The summed E-state index contributed by atoms with van der Waals surface area (Å²) in [6.45, 7) is 3.58. The van der Waals surface area contributed by atoms with Crippen molar-refractivity contribution in [3.05, 3.63) is 47.3 Å². The molecular formula is C18H18F3N3O3. The number of amides is 1. The lowest BCUT2D eigenvalue weighted by molar-refractivity contribution is -0.142. The van der Waals surface area contributed by atoms with Crippen molar-refractivity contribution in [2.75, 3.05) is 6.54 Å². The van der Waals surface area contributed by atoms with Crippen LogP contribution >= 0.6 is 0 Å². The maximum Gasteiger partial charge on any atom is 0.416 e. The van der Waals surface area contributed by atoms with E-state index in [1.807, 2.05) is 0 Å². The second-order valence-corrected chi connectivity index (χ2v) is 6.58. The Morgan fingerprint density at radius 2 is 2.00 bits per heavy atom. The van der Waals surface area contributed by atoms with Crippen LogP contribution in [0.5, 0.6) is 0 Å². The van der Waals surface area contributed by atoms with Crippen LogP contribution in [-0.4, -0.2) is 44.3 Å². The highest BCUT2D eigenvalue weighted by Gasteiger charge is 2.39. The number of carbonyl (C=O) groups is 2. The Kier molecular flexibility index (Phi) is 4.71. The van der Waals surface area contributed by atoms with Crippen molar-refractivity contribution in [2.45, 2.75) is 32.5 Å². The molecule has 0 spiro atoms. The molecule has 0 bridgehead atoms. The summed E-state index contributed by atoms with van der Waals surface area (Å²) in [7, 11) is 0. The molecular weight excluding hydrogens is 363 g/mol. The van der Waals surface area contributed by atoms with Gasteiger partial charge in [0, 0.05) is 12.6 Å². The molecule has 0 aliphatic carbocycles. The molecule has 2 unspecified atom stereocenters. The fourth-order valence-corrected chi connectivity index (χ4v) is 3.41. The van der Waals surface area contributed by atoms with Crippen LogP contribution in [-0.2, 0) is 11.0 Å². The molecule has 1 aromatic carbocycles. The van der Waals surface area contributed by atoms with E-state index in [0.29, 0.717) is 18.7 Å². The molecule has 1 saturated heterocycles. The summed E-state index contributed by atoms with van der Waals surface area (Å²) in [5.74, 6) is -1.95. The molecule has 0 saturated carbocycles. The number of halogens is 3. The summed E-state index contributed by atoms with van der Waals surface area (Å²) < 4.78 is 40.1. The number of carbonyl (C=O) groups excluding carboxylic acids is 1. The molecule has 1 amide bonds. The van der Waals surface area contributed by atoms with Gasteiger partial charge in [-0.2, -0.15) is 18.3 Å². The van der Waals surface area contributed by atoms with Gasteiger partial charge in [-0.05, 0) is 38.5 Å². The number of aliphatic carboxylic acids is 1. The van der Waals surface area contributed by atoms with Crippen molar-refractivity contribution >= 4 is 11.9 Å². The summed E-state index contributed by atoms with van der Waals surface area (Å²) in [6, 6.07) is 4.22. The molecule has 1 N–H and O–H groups in total. The van der Waals surface area contributed by atoms with Crippen molar-refractivity contribution < 1.29 is 27.9 Å². The van der Waals surface area contributed by atoms with Crippen LogP contribution < -0.4 is 0 Å². The van der Waals surface area contributed by atoms with E-state index >= 15 is 0 Å². The van der Waals surface area contributed by atoms with E-state index in [9.17, 15) is 27.9 Å². The van der Waals surface area contributed by atoms with E-state index in [4.69, 9.17) is 0 Å². The molecule has 1 aromatic heterocycles. The predicted molar refractivity (Wildman–Crippen MR) is 89.5 cm³/mol. The zero-order chi connectivity index (χ0) is 19.9. The van der Waals surface area contributed by atoms with E-state index in [1.165, 1.54) is 27.9 Å². The van der Waals surface area contributed by atoms with Gasteiger partial charge in [0.05, 0.1) is 34.6 Å².